The molecule has 0 aromatic heterocycles. The Bertz CT molecular complexity index is 2440. The van der Waals surface area contributed by atoms with Gasteiger partial charge in [-0.05, 0) is 116 Å². The Labute approximate surface area is 444 Å². The molecule has 2 N–H and O–H groups in total. The molecule has 2 amide bonds. The molecule has 4 aromatic rings. The Kier molecular flexibility index (Phi) is 23.5. The number of alkyl halides is 2. The van der Waals surface area contributed by atoms with Crippen LogP contribution in [0.2, 0.25) is 0 Å². The van der Waals surface area contributed by atoms with E-state index in [1.54, 1.807) is 65.8 Å². The van der Waals surface area contributed by atoms with Crippen molar-refractivity contribution in [1.29, 1.82) is 0 Å². The van der Waals surface area contributed by atoms with Crippen molar-refractivity contribution in [2.24, 2.45) is 0 Å². The van der Waals surface area contributed by atoms with Crippen molar-refractivity contribution in [2.45, 2.75) is 155 Å². The number of ether oxygens (including phenoxy) is 5. The van der Waals surface area contributed by atoms with Gasteiger partial charge < -0.3 is 33.9 Å². The van der Waals surface area contributed by atoms with E-state index in [1.807, 2.05) is 36.4 Å². The second-order valence-corrected chi connectivity index (χ2v) is 20.7. The molecule has 418 valence electrons. The normalized spacial score (nSPS) is 13.3. The number of likely N-dealkylation sites (N-methyl/N-ethyl adjacent to an activating group) is 2. The van der Waals surface area contributed by atoms with Gasteiger partial charge >= 0.3 is 36.1 Å². The molecule has 19 heteroatoms. The lowest BCUT2D eigenvalue weighted by atomic mass is 10.00. The number of carboxylic acid groups (broad SMARTS) is 1. The highest BCUT2D eigenvalue weighted by molar-refractivity contribution is 5.85. The molecule has 75 heavy (non-hydrogen) atoms. The molecule has 4 aromatic carbocycles. The van der Waals surface area contributed by atoms with Gasteiger partial charge in [-0.1, -0.05) is 84.9 Å². The van der Waals surface area contributed by atoms with Crippen molar-refractivity contribution < 1.29 is 87.6 Å². The molecule has 4 rings (SSSR count). The van der Waals surface area contributed by atoms with Gasteiger partial charge in [0.1, 0.15) is 59.5 Å². The molecular formula is C56H78F4N2O13. The number of nitrogens with zero attached hydrogens (tertiary/aromatic N) is 2. The van der Waals surface area contributed by atoms with Crippen LogP contribution < -0.4 is 0 Å². The van der Waals surface area contributed by atoms with Crippen LogP contribution in [-0.4, -0.2) is 117 Å². The zero-order valence-electron chi connectivity index (χ0n) is 48.7. The van der Waals surface area contributed by atoms with Gasteiger partial charge in [-0.3, -0.25) is 9.80 Å². The van der Waals surface area contributed by atoms with Crippen molar-refractivity contribution in [3.05, 3.63) is 143 Å². The Morgan fingerprint density at radius 2 is 0.893 bits per heavy atom. The van der Waals surface area contributed by atoms with E-state index in [1.165, 1.54) is 90.3 Å². The average molecular weight is 1070 g/mol. The number of aliphatic hydroxyl groups excluding tert-OH is 1. The summed E-state index contributed by atoms with van der Waals surface area (Å²) in [4.78, 5) is 75.2. The van der Waals surface area contributed by atoms with Crippen LogP contribution in [0.25, 0.3) is 0 Å². The third-order valence-electron chi connectivity index (χ3n) is 10.1. The number of rotatable bonds is 19. The first-order chi connectivity index (χ1) is 36.6. The van der Waals surface area contributed by atoms with Gasteiger partial charge in [-0.25, -0.2) is 46.3 Å². The highest BCUT2D eigenvalue weighted by atomic mass is 19.1. The monoisotopic (exact) mass is 1070 g/mol. The summed E-state index contributed by atoms with van der Waals surface area (Å²) >= 11 is 0. The fourth-order valence-corrected chi connectivity index (χ4v) is 6.41. The molecule has 0 saturated heterocycles. The lowest BCUT2D eigenvalue weighted by molar-refractivity contribution is -0.172. The molecule has 0 saturated carbocycles. The first-order valence-corrected chi connectivity index (χ1v) is 23.9. The Morgan fingerprint density at radius 1 is 0.533 bits per heavy atom. The van der Waals surface area contributed by atoms with Crippen molar-refractivity contribution in [1.82, 2.24) is 9.80 Å². The number of aliphatic carboxylic acids is 1. The molecular weight excluding hydrogens is 985 g/mol. The van der Waals surface area contributed by atoms with Crippen LogP contribution in [0.3, 0.4) is 0 Å². The molecule has 0 radical (unpaired) electrons. The van der Waals surface area contributed by atoms with E-state index < -0.39 is 95.1 Å². The number of halogens is 4. The largest absolute Gasteiger partial charge is 0.480 e. The average Bonchev–Trinajstić information content (AvgIpc) is 3.37. The maximum absolute atomic E-state index is 14.6. The van der Waals surface area contributed by atoms with Crippen molar-refractivity contribution in [3.63, 3.8) is 0 Å². The topological polar surface area (TPSA) is 196 Å². The molecule has 0 fully saturated rings. The maximum atomic E-state index is 14.6. The number of carboxylic acids is 1. The number of carbonyl (C=O) groups is 6. The van der Waals surface area contributed by atoms with Crippen LogP contribution in [0.15, 0.2) is 109 Å². The predicted molar refractivity (Wildman–Crippen MR) is 278 cm³/mol. The maximum Gasteiger partial charge on any atom is 0.410 e. The quantitative estimate of drug-likeness (QED) is 0.0512. The first-order valence-electron chi connectivity index (χ1n) is 25.9. The van der Waals surface area contributed by atoms with E-state index in [-0.39, 0.29) is 39.7 Å². The van der Waals surface area contributed by atoms with Gasteiger partial charge in [-0.15, -0.1) is 0 Å². The van der Waals surface area contributed by atoms with Gasteiger partial charge in [0.2, 0.25) is 6.10 Å². The lowest BCUT2D eigenvalue weighted by Gasteiger charge is -2.32. The van der Waals surface area contributed by atoms with Crippen LogP contribution in [-0.2, 0) is 68.9 Å². The van der Waals surface area contributed by atoms with Gasteiger partial charge in [0, 0.05) is 47.1 Å². The van der Waals surface area contributed by atoms with E-state index in [9.17, 15) is 51.4 Å². The minimum Gasteiger partial charge on any atom is -0.480 e. The summed E-state index contributed by atoms with van der Waals surface area (Å²) < 4.78 is 101. The van der Waals surface area contributed by atoms with Crippen LogP contribution >= 0.6 is 0 Å². The number of hydrogen-bond acceptors (Lipinski definition) is 12. The van der Waals surface area contributed by atoms with E-state index in [4.69, 9.17) is 34.7 Å². The predicted octanol–water partition coefficient (Wildman–Crippen LogP) is 11.1. The first kappa shape index (κ1) is 60.5. The molecule has 0 spiro atoms. The minimum absolute atomic E-state index is 0. The number of amides is 2. The second-order valence-electron chi connectivity index (χ2n) is 20.7. The molecule has 0 bridgehead atoms. The molecule has 4 atom stereocenters. The summed E-state index contributed by atoms with van der Waals surface area (Å²) in [6.07, 6.45) is -4.99. The SMILES string of the molecule is CN(C(=O)OC(C)(C)C)[C@@H](CC(C)(C)F)C(=O)O.CN(C(=O)OC(C)(C)C)[C@@H](CC(C)(C)F)C(=O)O[C@H](Cc1ccc(F)cc1)C(=O)OCc1ccccc1.O=C(OCc1ccccc1)[C@H](O)Cc1ccc(F)cc1.[2HH].[2H][2H].[2H][2H]. The molecule has 0 heterocycles. The molecule has 15 nitrogen and oxygen atoms in total. The van der Waals surface area contributed by atoms with Gasteiger partial charge in [-0.2, -0.15) is 0 Å². The fraction of sp³-hybridized carbons (Fsp3) is 0.464. The summed E-state index contributed by atoms with van der Waals surface area (Å²) in [5, 5.41) is 18.8. The number of esters is 3. The smallest absolute Gasteiger partial charge is 0.410 e. The van der Waals surface area contributed by atoms with Crippen molar-refractivity contribution in [2.75, 3.05) is 14.1 Å². The highest BCUT2D eigenvalue weighted by Crippen LogP contribution is 2.24. The zero-order chi connectivity index (χ0) is 60.9. The standard InChI is InChI=1S/C28H35F2NO6.C16H15FO3.C12H22FNO4.3H2/c1-27(2,3)37-26(34)31(6)22(17-28(4,5)30)24(32)36-23(16-19-12-14-21(29)15-13-19)25(33)35-18-20-10-8-7-9-11-20;17-14-8-6-12(7-9-14)10-15(18)16(19)20-11-13-4-2-1-3-5-13;1-11(2,3)18-10(17)14(6)8(9(15)16)7-12(4,5)13;;;/h7-15,22-23H,16-18H2,1-6H3;1-9,15,18H,10-11H2;8H,7H2,1-6H3,(H,15,16);3*1H/t22-,23+;15-;8-;;;/m010.../s1/i;;;2*1+1D;1+1. The highest BCUT2D eigenvalue weighted by Gasteiger charge is 2.39. The minimum atomic E-state index is -1.85. The van der Waals surface area contributed by atoms with Gasteiger partial charge in [0.15, 0.2) is 6.10 Å². The molecule has 0 unspecified atom stereocenters. The number of carbonyl (C=O) groups excluding carboxylic acids is 5. The molecule has 0 aliphatic carbocycles. The second kappa shape index (κ2) is 29.2. The Hall–Kier alpha value is -7.02. The van der Waals surface area contributed by atoms with Crippen LogP contribution in [0.4, 0.5) is 27.2 Å². The van der Waals surface area contributed by atoms with E-state index in [0.717, 1.165) is 20.9 Å². The molecule has 0 aliphatic rings. The third-order valence-corrected chi connectivity index (χ3v) is 10.1. The number of benzene rings is 4. The third kappa shape index (κ3) is 26.7. The van der Waals surface area contributed by atoms with Gasteiger partial charge in [0.25, 0.3) is 0 Å². The van der Waals surface area contributed by atoms with Crippen molar-refractivity contribution in [3.8, 4) is 0 Å². The number of aliphatic hydroxyl groups is 1. The van der Waals surface area contributed by atoms with Crippen LogP contribution in [0.1, 0.15) is 112 Å². The van der Waals surface area contributed by atoms with Crippen LogP contribution in [0, 0.1) is 11.6 Å². The Morgan fingerprint density at radius 3 is 1.27 bits per heavy atom. The lowest BCUT2D eigenvalue weighted by Crippen LogP contribution is -2.49. The van der Waals surface area contributed by atoms with Gasteiger partial charge in [0.05, 0.1) is 0 Å². The summed E-state index contributed by atoms with van der Waals surface area (Å²) in [7, 11) is 2.59. The Balaban J connectivity index is 0. The van der Waals surface area contributed by atoms with E-state index >= 15 is 0 Å². The van der Waals surface area contributed by atoms with Crippen LogP contribution in [0.5, 0.6) is 0 Å². The summed E-state index contributed by atoms with van der Waals surface area (Å²) in [6.45, 7) is 15.1. The molecule has 0 aliphatic heterocycles. The summed E-state index contributed by atoms with van der Waals surface area (Å²) in [5.74, 6) is -4.59. The summed E-state index contributed by atoms with van der Waals surface area (Å²) in [5.41, 5.74) is -2.33. The summed E-state index contributed by atoms with van der Waals surface area (Å²) in [6, 6.07) is 26.5. The number of hydrogen-bond donors (Lipinski definition) is 2. The fourth-order valence-electron chi connectivity index (χ4n) is 6.41. The van der Waals surface area contributed by atoms with Crippen molar-refractivity contribution >= 4 is 36.1 Å². The zero-order valence-corrected chi connectivity index (χ0v) is 44.7. The van der Waals surface area contributed by atoms with E-state index in [2.05, 4.69) is 0 Å². The van der Waals surface area contributed by atoms with E-state index in [0.29, 0.717) is 11.1 Å².